The Kier molecular flexibility index (Phi) is 8.97. The molecular formula is C25H29NO8S. The van der Waals surface area contributed by atoms with Crippen molar-refractivity contribution in [3.63, 3.8) is 0 Å². The predicted octanol–water partition coefficient (Wildman–Crippen LogP) is 3.78. The molecule has 0 spiro atoms. The van der Waals surface area contributed by atoms with Crippen molar-refractivity contribution in [1.29, 1.82) is 0 Å². The van der Waals surface area contributed by atoms with Crippen molar-refractivity contribution >= 4 is 29.7 Å². The van der Waals surface area contributed by atoms with Crippen LogP contribution in [0.4, 0.5) is 0 Å². The Hall–Kier alpha value is -3.27. The van der Waals surface area contributed by atoms with Crippen molar-refractivity contribution in [3.05, 3.63) is 42.7 Å². The summed E-state index contributed by atoms with van der Waals surface area (Å²) in [5, 5.41) is 0. The monoisotopic (exact) mass is 503 g/mol. The van der Waals surface area contributed by atoms with Crippen LogP contribution in [0.15, 0.2) is 42.7 Å². The zero-order chi connectivity index (χ0) is 25.5. The van der Waals surface area contributed by atoms with Gasteiger partial charge in [0.2, 0.25) is 0 Å². The summed E-state index contributed by atoms with van der Waals surface area (Å²) in [4.78, 5) is 39.4. The lowest BCUT2D eigenvalue weighted by Gasteiger charge is -2.39. The number of rotatable bonds is 8. The van der Waals surface area contributed by atoms with Crippen molar-refractivity contribution in [1.82, 2.24) is 4.98 Å². The minimum absolute atomic E-state index is 0.0775. The van der Waals surface area contributed by atoms with Crippen LogP contribution in [0.3, 0.4) is 0 Å². The largest absolute Gasteiger partial charge is 0.491 e. The Labute approximate surface area is 208 Å². The van der Waals surface area contributed by atoms with Gasteiger partial charge >= 0.3 is 17.9 Å². The lowest BCUT2D eigenvalue weighted by molar-refractivity contribution is -0.186. The zero-order valence-corrected chi connectivity index (χ0v) is 21.1. The molecule has 0 aliphatic carbocycles. The first-order valence-corrected chi connectivity index (χ1v) is 12.2. The van der Waals surface area contributed by atoms with E-state index in [9.17, 15) is 14.4 Å². The van der Waals surface area contributed by atoms with Gasteiger partial charge in [0, 0.05) is 38.3 Å². The minimum atomic E-state index is -1.02. The SMILES string of the molecule is CC(=O)O[C@@H]1[C@@H](OC(C)=O)[C@H](OC(C)=O)CS[C@H]1Oc1cncc(-c2ccc(OC(C)C)cc2)c1. The molecule has 1 aliphatic heterocycles. The molecule has 0 saturated carbocycles. The molecule has 35 heavy (non-hydrogen) atoms. The van der Waals surface area contributed by atoms with Crippen LogP contribution >= 0.6 is 11.8 Å². The molecule has 1 aromatic heterocycles. The molecule has 2 aromatic rings. The van der Waals surface area contributed by atoms with Gasteiger partial charge in [-0.05, 0) is 37.6 Å². The number of thioether (sulfide) groups is 1. The highest BCUT2D eigenvalue weighted by Gasteiger charge is 2.47. The number of benzene rings is 1. The maximum absolute atomic E-state index is 11.8. The van der Waals surface area contributed by atoms with E-state index >= 15 is 0 Å². The fourth-order valence-corrected chi connectivity index (χ4v) is 4.80. The summed E-state index contributed by atoms with van der Waals surface area (Å²) in [5.41, 5.74) is 1.01. The van der Waals surface area contributed by atoms with Gasteiger partial charge in [0.15, 0.2) is 23.7 Å². The van der Waals surface area contributed by atoms with E-state index in [0.29, 0.717) is 5.75 Å². The van der Waals surface area contributed by atoms with Gasteiger partial charge in [-0.2, -0.15) is 0 Å². The first kappa shape index (κ1) is 26.3. The second-order valence-corrected chi connectivity index (χ2v) is 9.35. The Morgan fingerprint density at radius 3 is 2.09 bits per heavy atom. The summed E-state index contributed by atoms with van der Waals surface area (Å²) in [7, 11) is 0. The van der Waals surface area contributed by atoms with Crippen LogP contribution in [0.2, 0.25) is 0 Å². The number of esters is 3. The summed E-state index contributed by atoms with van der Waals surface area (Å²) >= 11 is 1.29. The average molecular weight is 504 g/mol. The first-order chi connectivity index (χ1) is 16.6. The Morgan fingerprint density at radius 1 is 0.857 bits per heavy atom. The van der Waals surface area contributed by atoms with Crippen LogP contribution in [0.5, 0.6) is 11.5 Å². The maximum atomic E-state index is 11.8. The molecule has 3 rings (SSSR count). The van der Waals surface area contributed by atoms with E-state index in [0.717, 1.165) is 16.9 Å². The van der Waals surface area contributed by atoms with Crippen molar-refractivity contribution < 1.29 is 38.1 Å². The van der Waals surface area contributed by atoms with Crippen LogP contribution in [-0.2, 0) is 28.6 Å². The number of carbonyl (C=O) groups is 3. The Bertz CT molecular complexity index is 1040. The molecule has 2 heterocycles. The molecule has 1 aromatic carbocycles. The van der Waals surface area contributed by atoms with Crippen molar-refractivity contribution in [2.75, 3.05) is 5.75 Å². The third-order valence-corrected chi connectivity index (χ3v) is 6.04. The van der Waals surface area contributed by atoms with Crippen LogP contribution in [0, 0.1) is 0 Å². The molecule has 0 bridgehead atoms. The Balaban J connectivity index is 1.82. The van der Waals surface area contributed by atoms with E-state index in [1.54, 1.807) is 12.4 Å². The molecule has 0 radical (unpaired) electrons. The standard InChI is InChI=1S/C25H29NO8S/c1-14(2)30-20-8-6-18(7-9-20)19-10-21(12-26-11-19)34-25-24(33-17(5)29)23(32-16(4)28)22(13-35-25)31-15(3)27/h6-12,14,22-25H,13H2,1-5H3/t22-,23+,24-,25-/m1/s1. The molecule has 1 aliphatic rings. The third kappa shape index (κ3) is 7.61. The van der Waals surface area contributed by atoms with Gasteiger partial charge in [-0.3, -0.25) is 19.4 Å². The van der Waals surface area contributed by atoms with Gasteiger partial charge in [-0.15, -0.1) is 11.8 Å². The van der Waals surface area contributed by atoms with E-state index in [1.807, 2.05) is 44.2 Å². The second-order valence-electron chi connectivity index (χ2n) is 8.22. The molecule has 10 heteroatoms. The first-order valence-electron chi connectivity index (χ1n) is 11.1. The molecule has 1 fully saturated rings. The van der Waals surface area contributed by atoms with E-state index in [4.69, 9.17) is 23.7 Å². The molecule has 188 valence electrons. The van der Waals surface area contributed by atoms with Gasteiger partial charge in [0.25, 0.3) is 0 Å². The number of carbonyl (C=O) groups excluding carboxylic acids is 3. The van der Waals surface area contributed by atoms with Gasteiger partial charge in [-0.25, -0.2) is 0 Å². The molecule has 0 N–H and O–H groups in total. The lowest BCUT2D eigenvalue weighted by atomic mass is 10.1. The molecule has 0 unspecified atom stereocenters. The minimum Gasteiger partial charge on any atom is -0.491 e. The summed E-state index contributed by atoms with van der Waals surface area (Å²) in [6.45, 7) is 7.67. The summed E-state index contributed by atoms with van der Waals surface area (Å²) in [5.74, 6) is -0.220. The smallest absolute Gasteiger partial charge is 0.303 e. The van der Waals surface area contributed by atoms with Crippen LogP contribution in [0.25, 0.3) is 11.1 Å². The van der Waals surface area contributed by atoms with E-state index in [-0.39, 0.29) is 11.9 Å². The maximum Gasteiger partial charge on any atom is 0.303 e. The van der Waals surface area contributed by atoms with Crippen LogP contribution in [0.1, 0.15) is 34.6 Å². The van der Waals surface area contributed by atoms with Gasteiger partial charge in [0.1, 0.15) is 11.5 Å². The number of aromatic nitrogens is 1. The highest BCUT2D eigenvalue weighted by molar-refractivity contribution is 7.99. The highest BCUT2D eigenvalue weighted by atomic mass is 32.2. The van der Waals surface area contributed by atoms with E-state index in [1.165, 1.54) is 32.5 Å². The summed E-state index contributed by atoms with van der Waals surface area (Å²) in [6, 6.07) is 9.44. The molecule has 1 saturated heterocycles. The number of ether oxygens (including phenoxy) is 5. The van der Waals surface area contributed by atoms with Gasteiger partial charge in [0.05, 0.1) is 12.3 Å². The third-order valence-electron chi connectivity index (χ3n) is 4.83. The lowest BCUT2D eigenvalue weighted by Crippen LogP contribution is -2.55. The van der Waals surface area contributed by atoms with E-state index < -0.39 is 41.7 Å². The predicted molar refractivity (Wildman–Crippen MR) is 129 cm³/mol. The summed E-state index contributed by atoms with van der Waals surface area (Å²) < 4.78 is 28.0. The fraction of sp³-hybridized carbons (Fsp3) is 0.440. The molecule has 4 atom stereocenters. The van der Waals surface area contributed by atoms with Crippen molar-refractivity contribution in [2.45, 2.75) is 64.5 Å². The van der Waals surface area contributed by atoms with Crippen LogP contribution in [-0.4, -0.2) is 58.5 Å². The van der Waals surface area contributed by atoms with Crippen LogP contribution < -0.4 is 9.47 Å². The number of nitrogens with zero attached hydrogens (tertiary/aromatic N) is 1. The fourth-order valence-electron chi connectivity index (χ4n) is 3.58. The van der Waals surface area contributed by atoms with Crippen molar-refractivity contribution in [3.8, 4) is 22.6 Å². The van der Waals surface area contributed by atoms with E-state index in [2.05, 4.69) is 4.98 Å². The highest BCUT2D eigenvalue weighted by Crippen LogP contribution is 2.35. The normalized spacial score (nSPS) is 21.7. The van der Waals surface area contributed by atoms with Crippen molar-refractivity contribution in [2.24, 2.45) is 0 Å². The van der Waals surface area contributed by atoms with Gasteiger partial charge in [-0.1, -0.05) is 12.1 Å². The number of hydrogen-bond donors (Lipinski definition) is 0. The quantitative estimate of drug-likeness (QED) is 0.390. The topological polar surface area (TPSA) is 110 Å². The average Bonchev–Trinajstić information content (AvgIpc) is 2.77. The Morgan fingerprint density at radius 2 is 1.49 bits per heavy atom. The zero-order valence-electron chi connectivity index (χ0n) is 20.3. The molecule has 0 amide bonds. The molecule has 9 nitrogen and oxygen atoms in total. The van der Waals surface area contributed by atoms with Gasteiger partial charge < -0.3 is 23.7 Å². The number of pyridine rings is 1. The second kappa shape index (κ2) is 11.9. The number of hydrogen-bond acceptors (Lipinski definition) is 10. The summed E-state index contributed by atoms with van der Waals surface area (Å²) in [6.07, 6.45) is 0.521. The molecular weight excluding hydrogens is 474 g/mol.